The van der Waals surface area contributed by atoms with E-state index in [1.807, 2.05) is 30.3 Å². The Morgan fingerprint density at radius 1 is 1.04 bits per heavy atom. The van der Waals surface area contributed by atoms with Crippen molar-refractivity contribution >= 4 is 16.8 Å². The van der Waals surface area contributed by atoms with Crippen molar-refractivity contribution in [2.45, 2.75) is 6.54 Å². The molecule has 1 N–H and O–H groups in total. The standard InChI is InChI=1S/C20H13F2N3O2/c21-13-6-7-15(16(22)9-13)19-10-14(25-27-19)11-23-20(26)18-8-5-12-3-1-2-4-17(12)24-18/h1-10H,11H2,(H,23,26). The third-order valence-corrected chi connectivity index (χ3v) is 4.02. The van der Waals surface area contributed by atoms with Crippen LogP contribution in [0.5, 0.6) is 0 Å². The number of amides is 1. The highest BCUT2D eigenvalue weighted by Gasteiger charge is 2.14. The molecule has 2 aromatic carbocycles. The molecule has 27 heavy (non-hydrogen) atoms. The number of benzene rings is 2. The lowest BCUT2D eigenvalue weighted by atomic mass is 10.1. The molecule has 0 aliphatic rings. The second-order valence-electron chi connectivity index (χ2n) is 5.88. The molecule has 0 aliphatic carbocycles. The SMILES string of the molecule is O=C(NCc1cc(-c2ccc(F)cc2F)on1)c1ccc2ccccc2n1. The summed E-state index contributed by atoms with van der Waals surface area (Å²) in [5.74, 6) is -1.63. The summed E-state index contributed by atoms with van der Waals surface area (Å²) in [7, 11) is 0. The molecule has 0 radical (unpaired) electrons. The number of hydrogen-bond donors (Lipinski definition) is 1. The summed E-state index contributed by atoms with van der Waals surface area (Å²) in [5, 5.41) is 7.43. The highest BCUT2D eigenvalue weighted by molar-refractivity contribution is 5.94. The molecule has 0 bridgehead atoms. The van der Waals surface area contributed by atoms with Crippen LogP contribution in [0.15, 0.2) is 65.2 Å². The van der Waals surface area contributed by atoms with Gasteiger partial charge in [-0.1, -0.05) is 29.4 Å². The van der Waals surface area contributed by atoms with E-state index in [0.717, 1.165) is 23.0 Å². The van der Waals surface area contributed by atoms with Gasteiger partial charge in [0.25, 0.3) is 5.91 Å². The summed E-state index contributed by atoms with van der Waals surface area (Å²) in [6, 6.07) is 15.6. The first-order valence-corrected chi connectivity index (χ1v) is 8.15. The van der Waals surface area contributed by atoms with Crippen molar-refractivity contribution in [2.75, 3.05) is 0 Å². The summed E-state index contributed by atoms with van der Waals surface area (Å²) in [4.78, 5) is 16.6. The van der Waals surface area contributed by atoms with E-state index in [-0.39, 0.29) is 29.5 Å². The van der Waals surface area contributed by atoms with Crippen LogP contribution in [0.1, 0.15) is 16.2 Å². The molecule has 2 heterocycles. The van der Waals surface area contributed by atoms with Crippen LogP contribution in [-0.2, 0) is 6.54 Å². The molecule has 0 fully saturated rings. The monoisotopic (exact) mass is 365 g/mol. The average Bonchev–Trinajstić information content (AvgIpc) is 3.14. The number of rotatable bonds is 4. The number of fused-ring (bicyclic) bond motifs is 1. The van der Waals surface area contributed by atoms with Crippen LogP contribution in [0.4, 0.5) is 8.78 Å². The predicted molar refractivity (Wildman–Crippen MR) is 94.8 cm³/mol. The minimum atomic E-state index is -0.748. The molecule has 5 nitrogen and oxygen atoms in total. The van der Waals surface area contributed by atoms with E-state index in [1.165, 1.54) is 12.1 Å². The highest BCUT2D eigenvalue weighted by Crippen LogP contribution is 2.24. The number of carbonyl (C=O) groups excluding carboxylic acids is 1. The van der Waals surface area contributed by atoms with E-state index in [2.05, 4.69) is 15.5 Å². The van der Waals surface area contributed by atoms with Crippen LogP contribution >= 0.6 is 0 Å². The van der Waals surface area contributed by atoms with Crippen LogP contribution in [0, 0.1) is 11.6 Å². The summed E-state index contributed by atoms with van der Waals surface area (Å²) in [5.41, 5.74) is 1.50. The van der Waals surface area contributed by atoms with Gasteiger partial charge < -0.3 is 9.84 Å². The van der Waals surface area contributed by atoms with Gasteiger partial charge in [-0.15, -0.1) is 0 Å². The molecule has 0 saturated carbocycles. The number of aromatic nitrogens is 2. The maximum absolute atomic E-state index is 13.8. The first-order chi connectivity index (χ1) is 13.1. The third-order valence-electron chi connectivity index (χ3n) is 4.02. The molecule has 0 saturated heterocycles. The van der Waals surface area contributed by atoms with Gasteiger partial charge in [0.2, 0.25) is 0 Å². The molecule has 0 unspecified atom stereocenters. The van der Waals surface area contributed by atoms with Gasteiger partial charge in [0.15, 0.2) is 5.76 Å². The van der Waals surface area contributed by atoms with E-state index in [0.29, 0.717) is 5.69 Å². The Labute approximate surface area is 152 Å². The maximum atomic E-state index is 13.8. The van der Waals surface area contributed by atoms with Gasteiger partial charge in [-0.25, -0.2) is 13.8 Å². The predicted octanol–water partition coefficient (Wildman–Crippen LogP) is 4.10. The molecule has 4 rings (SSSR count). The zero-order valence-electron chi connectivity index (χ0n) is 13.9. The summed E-state index contributed by atoms with van der Waals surface area (Å²) in [6.45, 7) is 0.0830. The van der Waals surface area contributed by atoms with Crippen molar-refractivity contribution in [2.24, 2.45) is 0 Å². The topological polar surface area (TPSA) is 68.0 Å². The molecule has 0 atom stereocenters. The molecule has 2 aromatic heterocycles. The minimum absolute atomic E-state index is 0.0830. The molecule has 1 amide bonds. The van der Waals surface area contributed by atoms with Crippen LogP contribution in [0.3, 0.4) is 0 Å². The molecule has 0 aliphatic heterocycles. The lowest BCUT2D eigenvalue weighted by molar-refractivity contribution is 0.0945. The molecular weight excluding hydrogens is 352 g/mol. The number of nitrogens with zero attached hydrogens (tertiary/aromatic N) is 2. The second kappa shape index (κ2) is 6.95. The molecule has 4 aromatic rings. The van der Waals surface area contributed by atoms with Crippen molar-refractivity contribution < 1.29 is 18.1 Å². The largest absolute Gasteiger partial charge is 0.356 e. The highest BCUT2D eigenvalue weighted by atomic mass is 19.1. The van der Waals surface area contributed by atoms with E-state index >= 15 is 0 Å². The second-order valence-corrected chi connectivity index (χ2v) is 5.88. The lowest BCUT2D eigenvalue weighted by Crippen LogP contribution is -2.23. The number of hydrogen-bond acceptors (Lipinski definition) is 4. The van der Waals surface area contributed by atoms with Crippen LogP contribution in [0.25, 0.3) is 22.2 Å². The molecule has 7 heteroatoms. The molecule has 134 valence electrons. The van der Waals surface area contributed by atoms with Crippen molar-refractivity contribution in [3.05, 3.63) is 83.7 Å². The molecule has 0 spiro atoms. The van der Waals surface area contributed by atoms with Crippen molar-refractivity contribution in [1.29, 1.82) is 0 Å². The lowest BCUT2D eigenvalue weighted by Gasteiger charge is -2.03. The van der Waals surface area contributed by atoms with Gasteiger partial charge in [-0.05, 0) is 24.3 Å². The summed E-state index contributed by atoms with van der Waals surface area (Å²) >= 11 is 0. The number of carbonyl (C=O) groups is 1. The zero-order chi connectivity index (χ0) is 18.8. The number of nitrogens with one attached hydrogen (secondary N) is 1. The van der Waals surface area contributed by atoms with Crippen molar-refractivity contribution in [3.8, 4) is 11.3 Å². The van der Waals surface area contributed by atoms with Crippen LogP contribution in [0.2, 0.25) is 0 Å². The Kier molecular flexibility index (Phi) is 4.33. The fraction of sp³-hybridized carbons (Fsp3) is 0.0500. The van der Waals surface area contributed by atoms with Crippen LogP contribution in [-0.4, -0.2) is 16.0 Å². The van der Waals surface area contributed by atoms with E-state index in [9.17, 15) is 13.6 Å². The Bertz CT molecular complexity index is 1140. The zero-order valence-corrected chi connectivity index (χ0v) is 13.9. The Hall–Kier alpha value is -3.61. The Morgan fingerprint density at radius 3 is 2.74 bits per heavy atom. The number of pyridine rings is 1. The number of para-hydroxylation sites is 1. The minimum Gasteiger partial charge on any atom is -0.356 e. The van der Waals surface area contributed by atoms with Gasteiger partial charge >= 0.3 is 0 Å². The van der Waals surface area contributed by atoms with Gasteiger partial charge in [0.05, 0.1) is 17.6 Å². The Morgan fingerprint density at radius 2 is 1.89 bits per heavy atom. The van der Waals surface area contributed by atoms with Gasteiger partial charge in [0.1, 0.15) is 23.0 Å². The average molecular weight is 365 g/mol. The van der Waals surface area contributed by atoms with Gasteiger partial charge in [-0.2, -0.15) is 0 Å². The van der Waals surface area contributed by atoms with E-state index in [1.54, 1.807) is 6.07 Å². The van der Waals surface area contributed by atoms with Crippen molar-refractivity contribution in [1.82, 2.24) is 15.5 Å². The summed E-state index contributed by atoms with van der Waals surface area (Å²) < 4.78 is 31.9. The fourth-order valence-corrected chi connectivity index (χ4v) is 2.67. The third kappa shape index (κ3) is 3.52. The van der Waals surface area contributed by atoms with Gasteiger partial charge in [0, 0.05) is 17.5 Å². The first-order valence-electron chi connectivity index (χ1n) is 8.15. The molecular formula is C20H13F2N3O2. The summed E-state index contributed by atoms with van der Waals surface area (Å²) in [6.07, 6.45) is 0. The fourth-order valence-electron chi connectivity index (χ4n) is 2.67. The quantitative estimate of drug-likeness (QED) is 0.591. The normalized spacial score (nSPS) is 10.9. The van der Waals surface area contributed by atoms with Crippen molar-refractivity contribution in [3.63, 3.8) is 0 Å². The van der Waals surface area contributed by atoms with E-state index in [4.69, 9.17) is 4.52 Å². The van der Waals surface area contributed by atoms with E-state index < -0.39 is 11.6 Å². The number of halogens is 2. The van der Waals surface area contributed by atoms with Gasteiger partial charge in [-0.3, -0.25) is 4.79 Å². The first kappa shape index (κ1) is 16.8. The smallest absolute Gasteiger partial charge is 0.270 e. The van der Waals surface area contributed by atoms with Crippen LogP contribution < -0.4 is 5.32 Å². The maximum Gasteiger partial charge on any atom is 0.270 e. The Balaban J connectivity index is 1.47.